The lowest BCUT2D eigenvalue weighted by Gasteiger charge is -2.32. The van der Waals surface area contributed by atoms with Crippen molar-refractivity contribution in [1.82, 2.24) is 20.2 Å². The fraction of sp³-hybridized carbons (Fsp3) is 0.342. The first-order valence-corrected chi connectivity index (χ1v) is 16.7. The van der Waals surface area contributed by atoms with Crippen LogP contribution in [0.4, 0.5) is 11.4 Å². The Kier molecular flexibility index (Phi) is 8.96. The molecular formula is C38H42N6O2. The molecule has 1 aliphatic heterocycles. The molecule has 1 atom stereocenters. The minimum absolute atomic E-state index is 0.000265. The molecule has 1 aliphatic carbocycles. The van der Waals surface area contributed by atoms with Crippen LogP contribution < -0.4 is 16.0 Å². The highest BCUT2D eigenvalue weighted by atomic mass is 16.2. The highest BCUT2D eigenvalue weighted by Crippen LogP contribution is 2.33. The molecule has 0 radical (unpaired) electrons. The number of nitrogens with zero attached hydrogens (tertiary/aromatic N) is 2. The third kappa shape index (κ3) is 6.77. The first-order valence-electron chi connectivity index (χ1n) is 16.7. The Morgan fingerprint density at radius 2 is 1.80 bits per heavy atom. The molecule has 2 aliphatic rings. The maximum absolute atomic E-state index is 13.1. The number of likely N-dealkylation sites (tertiary alicyclic amines) is 1. The van der Waals surface area contributed by atoms with E-state index in [1.54, 1.807) is 0 Å². The summed E-state index contributed by atoms with van der Waals surface area (Å²) < 4.78 is 0. The number of aryl methyl sites for hydroxylation is 1. The van der Waals surface area contributed by atoms with Gasteiger partial charge in [0.2, 0.25) is 5.91 Å². The standard InChI is InChI=1S/C38H42N6O2/c45-37(41-20-6-19-40-36-31-8-1-3-10-34(31)43-35-11-4-2-9-32(35)36)29-7-5-22-44(25-29)24-26-12-14-27(15-13-26)38(46)42-30-16-17-33-28(23-30)18-21-39-33/h1,3,8,10,12-18,21,23,29,39H,2,4-7,9,11,19-20,22,24-25H2,(H,40,43)(H,41,45)(H,42,46)/t29-/m0/s1. The summed E-state index contributed by atoms with van der Waals surface area (Å²) in [6.07, 6.45) is 9.24. The summed E-state index contributed by atoms with van der Waals surface area (Å²) in [6, 6.07) is 24.0. The van der Waals surface area contributed by atoms with Crippen molar-refractivity contribution in [2.75, 3.05) is 36.8 Å². The number of anilines is 2. The lowest BCUT2D eigenvalue weighted by atomic mass is 9.92. The van der Waals surface area contributed by atoms with Gasteiger partial charge in [-0.15, -0.1) is 0 Å². The Morgan fingerprint density at radius 3 is 2.72 bits per heavy atom. The van der Waals surface area contributed by atoms with E-state index in [1.807, 2.05) is 54.7 Å². The van der Waals surface area contributed by atoms with Crippen molar-refractivity contribution < 1.29 is 9.59 Å². The molecule has 0 bridgehead atoms. The summed E-state index contributed by atoms with van der Waals surface area (Å²) in [5.41, 5.74) is 8.49. The van der Waals surface area contributed by atoms with Crippen molar-refractivity contribution in [3.05, 3.63) is 101 Å². The number of hydrogen-bond acceptors (Lipinski definition) is 5. The van der Waals surface area contributed by atoms with E-state index in [0.717, 1.165) is 86.0 Å². The van der Waals surface area contributed by atoms with Gasteiger partial charge < -0.3 is 20.9 Å². The predicted octanol–water partition coefficient (Wildman–Crippen LogP) is 6.68. The Bertz CT molecular complexity index is 1850. The largest absolute Gasteiger partial charge is 0.384 e. The molecule has 236 valence electrons. The zero-order valence-electron chi connectivity index (χ0n) is 26.3. The summed E-state index contributed by atoms with van der Waals surface area (Å²) in [5.74, 6) is 0.0291. The number of aromatic amines is 1. The summed E-state index contributed by atoms with van der Waals surface area (Å²) in [4.78, 5) is 36.4. The Balaban J connectivity index is 0.869. The summed E-state index contributed by atoms with van der Waals surface area (Å²) in [7, 11) is 0. The SMILES string of the molecule is O=C(Nc1ccc2[nH]ccc2c1)c1ccc(CN2CCC[C@H](C(=O)NCCCNc3c4c(nc5ccccc35)CCCC4)C2)cc1. The topological polar surface area (TPSA) is 102 Å². The number of aromatic nitrogens is 2. The number of para-hydroxylation sites is 1. The van der Waals surface area contributed by atoms with Gasteiger partial charge in [-0.3, -0.25) is 19.5 Å². The normalized spacial score (nSPS) is 16.7. The number of piperidine rings is 1. The second-order valence-electron chi connectivity index (χ2n) is 12.7. The number of fused-ring (bicyclic) bond motifs is 3. The molecule has 0 spiro atoms. The molecule has 2 amide bonds. The van der Waals surface area contributed by atoms with Gasteiger partial charge in [0.15, 0.2) is 0 Å². The van der Waals surface area contributed by atoms with E-state index in [9.17, 15) is 9.59 Å². The van der Waals surface area contributed by atoms with Crippen LogP contribution in [0.2, 0.25) is 0 Å². The molecule has 2 aromatic heterocycles. The number of nitrogens with one attached hydrogen (secondary N) is 4. The van der Waals surface area contributed by atoms with E-state index in [4.69, 9.17) is 4.98 Å². The zero-order chi connectivity index (χ0) is 31.3. The van der Waals surface area contributed by atoms with Gasteiger partial charge in [-0.1, -0.05) is 30.3 Å². The van der Waals surface area contributed by atoms with E-state index in [2.05, 4.69) is 50.1 Å². The van der Waals surface area contributed by atoms with Crippen LogP contribution in [0.15, 0.2) is 79.0 Å². The van der Waals surface area contributed by atoms with Crippen molar-refractivity contribution in [2.24, 2.45) is 5.92 Å². The van der Waals surface area contributed by atoms with E-state index in [-0.39, 0.29) is 17.7 Å². The van der Waals surface area contributed by atoms with Crippen molar-refractivity contribution in [3.63, 3.8) is 0 Å². The average Bonchev–Trinajstić information content (AvgIpc) is 3.56. The van der Waals surface area contributed by atoms with Gasteiger partial charge in [-0.05, 0) is 105 Å². The minimum atomic E-state index is -0.125. The Morgan fingerprint density at radius 1 is 0.935 bits per heavy atom. The zero-order valence-corrected chi connectivity index (χ0v) is 26.3. The van der Waals surface area contributed by atoms with Gasteiger partial charge in [0.25, 0.3) is 5.91 Å². The van der Waals surface area contributed by atoms with Crippen LogP contribution in [0.5, 0.6) is 0 Å². The molecule has 8 heteroatoms. The quantitative estimate of drug-likeness (QED) is 0.132. The minimum Gasteiger partial charge on any atom is -0.384 e. The lowest BCUT2D eigenvalue weighted by molar-refractivity contribution is -0.126. The summed E-state index contributed by atoms with van der Waals surface area (Å²) in [6.45, 7) is 3.97. The molecule has 7 rings (SSSR count). The van der Waals surface area contributed by atoms with E-state index < -0.39 is 0 Å². The molecular weight excluding hydrogens is 572 g/mol. The fourth-order valence-corrected chi connectivity index (χ4v) is 7.00. The van der Waals surface area contributed by atoms with Crippen molar-refractivity contribution in [3.8, 4) is 0 Å². The van der Waals surface area contributed by atoms with Crippen LogP contribution in [-0.4, -0.2) is 52.9 Å². The molecule has 0 saturated carbocycles. The molecule has 0 unspecified atom stereocenters. The van der Waals surface area contributed by atoms with Crippen LogP contribution in [0.1, 0.15) is 59.3 Å². The maximum atomic E-state index is 13.1. The predicted molar refractivity (Wildman–Crippen MR) is 185 cm³/mol. The van der Waals surface area contributed by atoms with Crippen LogP contribution >= 0.6 is 0 Å². The third-order valence-corrected chi connectivity index (χ3v) is 9.43. The number of rotatable bonds is 10. The van der Waals surface area contributed by atoms with Gasteiger partial charge in [0, 0.05) is 71.3 Å². The van der Waals surface area contributed by atoms with Gasteiger partial charge in [0.1, 0.15) is 0 Å². The van der Waals surface area contributed by atoms with Crippen molar-refractivity contribution in [2.45, 2.75) is 51.5 Å². The van der Waals surface area contributed by atoms with Crippen molar-refractivity contribution in [1.29, 1.82) is 0 Å². The number of carbonyl (C=O) groups is 2. The highest BCUT2D eigenvalue weighted by molar-refractivity contribution is 6.05. The fourth-order valence-electron chi connectivity index (χ4n) is 7.00. The number of hydrogen-bond donors (Lipinski definition) is 4. The summed E-state index contributed by atoms with van der Waals surface area (Å²) >= 11 is 0. The van der Waals surface area contributed by atoms with Crippen LogP contribution in [0.3, 0.4) is 0 Å². The molecule has 5 aromatic rings. The van der Waals surface area contributed by atoms with E-state index >= 15 is 0 Å². The molecule has 1 fully saturated rings. The Labute approximate surface area is 270 Å². The second-order valence-corrected chi connectivity index (χ2v) is 12.7. The second kappa shape index (κ2) is 13.7. The van der Waals surface area contributed by atoms with Crippen molar-refractivity contribution >= 4 is 45.0 Å². The lowest BCUT2D eigenvalue weighted by Crippen LogP contribution is -2.43. The van der Waals surface area contributed by atoms with Gasteiger partial charge in [-0.25, -0.2) is 0 Å². The van der Waals surface area contributed by atoms with E-state index in [0.29, 0.717) is 12.1 Å². The molecule has 4 N–H and O–H groups in total. The van der Waals surface area contributed by atoms with Crippen LogP contribution in [-0.2, 0) is 24.2 Å². The average molecular weight is 615 g/mol. The third-order valence-electron chi connectivity index (χ3n) is 9.43. The Hall–Kier alpha value is -4.69. The monoisotopic (exact) mass is 614 g/mol. The molecule has 8 nitrogen and oxygen atoms in total. The molecule has 46 heavy (non-hydrogen) atoms. The molecule has 3 aromatic carbocycles. The molecule has 3 heterocycles. The van der Waals surface area contributed by atoms with Gasteiger partial charge >= 0.3 is 0 Å². The first kappa shape index (κ1) is 30.0. The smallest absolute Gasteiger partial charge is 0.255 e. The van der Waals surface area contributed by atoms with Crippen LogP contribution in [0, 0.1) is 5.92 Å². The van der Waals surface area contributed by atoms with Gasteiger partial charge in [-0.2, -0.15) is 0 Å². The maximum Gasteiger partial charge on any atom is 0.255 e. The number of benzene rings is 3. The number of carbonyl (C=O) groups excluding carboxylic acids is 2. The summed E-state index contributed by atoms with van der Waals surface area (Å²) in [5, 5.41) is 12.2. The van der Waals surface area contributed by atoms with E-state index in [1.165, 1.54) is 35.2 Å². The number of pyridine rings is 1. The number of H-pyrrole nitrogens is 1. The van der Waals surface area contributed by atoms with Crippen LogP contribution in [0.25, 0.3) is 21.8 Å². The van der Waals surface area contributed by atoms with Gasteiger partial charge in [0.05, 0.1) is 11.4 Å². The number of amides is 2. The first-order chi connectivity index (χ1) is 22.6. The molecule has 1 saturated heterocycles. The highest BCUT2D eigenvalue weighted by Gasteiger charge is 2.25.